The lowest BCUT2D eigenvalue weighted by Gasteiger charge is -2.09. The van der Waals surface area contributed by atoms with E-state index in [2.05, 4.69) is 15.5 Å². The highest BCUT2D eigenvalue weighted by Gasteiger charge is 2.30. The zero-order valence-electron chi connectivity index (χ0n) is 18.7. The maximum Gasteiger partial charge on any atom is 0.416 e. The summed E-state index contributed by atoms with van der Waals surface area (Å²) in [5, 5.41) is 12.1. The van der Waals surface area contributed by atoms with Gasteiger partial charge >= 0.3 is 12.1 Å². The van der Waals surface area contributed by atoms with Crippen molar-refractivity contribution in [1.82, 2.24) is 20.2 Å². The van der Waals surface area contributed by atoms with Gasteiger partial charge < -0.3 is 9.26 Å². The summed E-state index contributed by atoms with van der Waals surface area (Å²) in [6.45, 7) is 0. The zero-order valence-corrected chi connectivity index (χ0v) is 18.7. The Morgan fingerprint density at radius 1 is 0.861 bits per heavy atom. The molecule has 0 saturated heterocycles. The first-order valence-electron chi connectivity index (χ1n) is 10.7. The van der Waals surface area contributed by atoms with Crippen molar-refractivity contribution in [3.63, 3.8) is 0 Å². The molecule has 0 N–H and O–H groups in total. The first-order chi connectivity index (χ1) is 17.3. The number of nitrogens with zero attached hydrogens (tertiary/aromatic N) is 4. The van der Waals surface area contributed by atoms with Crippen LogP contribution in [0.1, 0.15) is 15.9 Å². The zero-order chi connectivity index (χ0) is 25.3. The molecule has 36 heavy (non-hydrogen) atoms. The highest BCUT2D eigenvalue weighted by Crippen LogP contribution is 2.31. The second-order valence-electron chi connectivity index (χ2n) is 7.85. The fourth-order valence-corrected chi connectivity index (χ4v) is 3.69. The highest BCUT2D eigenvalue weighted by molar-refractivity contribution is 5.92. The smallest absolute Gasteiger partial charge is 0.416 e. The standard InChI is InChI=1S/C26H17F3N4O3/c1-35-25(34)20-12-19(16-2-4-17(5-3-16)23-10-11-36-31-23)13-22(14-20)33-15-24(30-32-33)18-6-8-21(9-7-18)26(27,28)29/h2-15H,1H3. The molecule has 0 aliphatic carbocycles. The van der Waals surface area contributed by atoms with Gasteiger partial charge in [0, 0.05) is 17.2 Å². The first kappa shape index (κ1) is 23.0. The Bertz CT molecular complexity index is 1510. The molecular formula is C26H17F3N4O3. The normalized spacial score (nSPS) is 11.4. The van der Waals surface area contributed by atoms with Gasteiger partial charge in [-0.25, -0.2) is 9.48 Å². The summed E-state index contributed by atoms with van der Waals surface area (Å²) in [4.78, 5) is 12.4. The van der Waals surface area contributed by atoms with Gasteiger partial charge in [0.05, 0.1) is 30.1 Å². The number of esters is 1. The van der Waals surface area contributed by atoms with Crippen molar-refractivity contribution in [2.24, 2.45) is 0 Å². The molecule has 5 rings (SSSR count). The van der Waals surface area contributed by atoms with Gasteiger partial charge in [-0.3, -0.25) is 0 Å². The number of rotatable bonds is 5. The van der Waals surface area contributed by atoms with Crippen LogP contribution in [0.2, 0.25) is 0 Å². The van der Waals surface area contributed by atoms with E-state index < -0.39 is 17.7 Å². The lowest BCUT2D eigenvalue weighted by atomic mass is 10.00. The van der Waals surface area contributed by atoms with Gasteiger partial charge in [-0.15, -0.1) is 5.10 Å². The van der Waals surface area contributed by atoms with Gasteiger partial charge in [0.1, 0.15) is 17.7 Å². The number of methoxy groups -OCH3 is 1. The Kier molecular flexibility index (Phi) is 5.85. The minimum absolute atomic E-state index is 0.303. The molecule has 0 bridgehead atoms. The van der Waals surface area contributed by atoms with Crippen molar-refractivity contribution in [2.45, 2.75) is 6.18 Å². The minimum Gasteiger partial charge on any atom is -0.465 e. The van der Waals surface area contributed by atoms with E-state index in [1.165, 1.54) is 30.2 Å². The number of alkyl halides is 3. The maximum atomic E-state index is 12.9. The number of carbonyl (C=O) groups is 1. The van der Waals surface area contributed by atoms with Gasteiger partial charge in [-0.1, -0.05) is 46.8 Å². The van der Waals surface area contributed by atoms with Crippen LogP contribution in [0.5, 0.6) is 0 Å². The van der Waals surface area contributed by atoms with Crippen LogP contribution >= 0.6 is 0 Å². The molecule has 180 valence electrons. The van der Waals surface area contributed by atoms with Crippen LogP contribution in [0.4, 0.5) is 13.2 Å². The van der Waals surface area contributed by atoms with Crippen LogP contribution in [0.25, 0.3) is 39.3 Å². The number of benzene rings is 3. The van der Waals surface area contributed by atoms with Crippen LogP contribution in [0.3, 0.4) is 0 Å². The summed E-state index contributed by atoms with van der Waals surface area (Å²) in [5.74, 6) is -0.527. The Hall–Kier alpha value is -4.73. The molecule has 0 amide bonds. The molecular weight excluding hydrogens is 473 g/mol. The number of hydrogen-bond acceptors (Lipinski definition) is 6. The van der Waals surface area contributed by atoms with Crippen LogP contribution < -0.4 is 0 Å². The van der Waals surface area contributed by atoms with E-state index in [9.17, 15) is 18.0 Å². The third-order valence-electron chi connectivity index (χ3n) is 5.56. The molecule has 10 heteroatoms. The number of halogens is 3. The van der Waals surface area contributed by atoms with Gasteiger partial charge in [-0.05, 0) is 41.5 Å². The summed E-state index contributed by atoms with van der Waals surface area (Å²) in [6, 6.07) is 19.1. The second kappa shape index (κ2) is 9.14. The van der Waals surface area contributed by atoms with E-state index >= 15 is 0 Å². The summed E-state index contributed by atoms with van der Waals surface area (Å²) in [7, 11) is 1.29. The molecule has 0 atom stereocenters. The van der Waals surface area contributed by atoms with E-state index in [-0.39, 0.29) is 0 Å². The first-order valence-corrected chi connectivity index (χ1v) is 10.7. The monoisotopic (exact) mass is 490 g/mol. The molecule has 0 radical (unpaired) electrons. The number of carbonyl (C=O) groups excluding carboxylic acids is 1. The SMILES string of the molecule is COC(=O)c1cc(-c2ccc(-c3ccon3)cc2)cc(-n2cc(-c3ccc(C(F)(F)F)cc3)nn2)c1. The van der Waals surface area contributed by atoms with Gasteiger partial charge in [0.25, 0.3) is 0 Å². The lowest BCUT2D eigenvalue weighted by molar-refractivity contribution is -0.137. The number of ether oxygens (including phenoxy) is 1. The fourth-order valence-electron chi connectivity index (χ4n) is 3.69. The third kappa shape index (κ3) is 4.61. The molecule has 0 aliphatic rings. The third-order valence-corrected chi connectivity index (χ3v) is 5.56. The predicted molar refractivity (Wildman–Crippen MR) is 124 cm³/mol. The van der Waals surface area contributed by atoms with Crippen LogP contribution in [0, 0.1) is 0 Å². The largest absolute Gasteiger partial charge is 0.465 e. The second-order valence-corrected chi connectivity index (χ2v) is 7.85. The van der Waals surface area contributed by atoms with Gasteiger partial charge in [0.15, 0.2) is 0 Å². The molecule has 7 nitrogen and oxygen atoms in total. The average Bonchev–Trinajstić information content (AvgIpc) is 3.61. The fraction of sp³-hybridized carbons (Fsp3) is 0.0769. The van der Waals surface area contributed by atoms with E-state index in [4.69, 9.17) is 9.26 Å². The molecule has 5 aromatic rings. The van der Waals surface area contributed by atoms with E-state index in [0.717, 1.165) is 28.8 Å². The van der Waals surface area contributed by atoms with Crippen molar-refractivity contribution < 1.29 is 27.2 Å². The Balaban J connectivity index is 1.50. The number of hydrogen-bond donors (Lipinski definition) is 0. The molecule has 0 saturated carbocycles. The summed E-state index contributed by atoms with van der Waals surface area (Å²) < 4.78 is 49.9. The van der Waals surface area contributed by atoms with Gasteiger partial charge in [-0.2, -0.15) is 13.2 Å². The molecule has 0 unspecified atom stereocenters. The minimum atomic E-state index is -4.42. The van der Waals surface area contributed by atoms with Crippen LogP contribution in [-0.2, 0) is 10.9 Å². The molecule has 2 aromatic heterocycles. The Morgan fingerprint density at radius 2 is 1.53 bits per heavy atom. The van der Waals surface area contributed by atoms with Crippen molar-refractivity contribution >= 4 is 5.97 Å². The van der Waals surface area contributed by atoms with E-state index in [1.54, 1.807) is 24.4 Å². The van der Waals surface area contributed by atoms with Crippen LogP contribution in [-0.4, -0.2) is 33.2 Å². The summed E-state index contributed by atoms with van der Waals surface area (Å²) >= 11 is 0. The van der Waals surface area contributed by atoms with Crippen molar-refractivity contribution in [3.8, 4) is 39.3 Å². The van der Waals surface area contributed by atoms with Crippen LogP contribution in [0.15, 0.2) is 89.8 Å². The predicted octanol–water partition coefficient (Wildman–Crippen LogP) is 6.06. The maximum absolute atomic E-state index is 12.9. The molecule has 2 heterocycles. The Labute approximate surface area is 202 Å². The lowest BCUT2D eigenvalue weighted by Crippen LogP contribution is -2.04. The topological polar surface area (TPSA) is 83.0 Å². The molecule has 0 aliphatic heterocycles. The van der Waals surface area contributed by atoms with E-state index in [0.29, 0.717) is 28.2 Å². The van der Waals surface area contributed by atoms with Crippen molar-refractivity contribution in [1.29, 1.82) is 0 Å². The van der Waals surface area contributed by atoms with Crippen molar-refractivity contribution in [2.75, 3.05) is 7.11 Å². The van der Waals surface area contributed by atoms with Crippen molar-refractivity contribution in [3.05, 3.63) is 96.4 Å². The summed E-state index contributed by atoms with van der Waals surface area (Å²) in [5.41, 5.74) is 4.06. The molecule has 0 fully saturated rings. The highest BCUT2D eigenvalue weighted by atomic mass is 19.4. The average molecular weight is 490 g/mol. The van der Waals surface area contributed by atoms with Gasteiger partial charge in [0.2, 0.25) is 0 Å². The molecule has 0 spiro atoms. The summed E-state index contributed by atoms with van der Waals surface area (Å²) in [6.07, 6.45) is -1.35. The number of aromatic nitrogens is 4. The quantitative estimate of drug-likeness (QED) is 0.279. The van der Waals surface area contributed by atoms with E-state index in [1.807, 2.05) is 30.3 Å². The Morgan fingerprint density at radius 3 is 2.17 bits per heavy atom. The molecule has 3 aromatic carbocycles.